The molecule has 4 heteroatoms. The van der Waals surface area contributed by atoms with Crippen molar-refractivity contribution in [3.63, 3.8) is 0 Å². The molecule has 0 spiro atoms. The maximum atomic E-state index is 12.5. The Morgan fingerprint density at radius 3 is 2.67 bits per heavy atom. The molecule has 0 bridgehead atoms. The number of nitrogens with one attached hydrogen (secondary N) is 1. The van der Waals surface area contributed by atoms with E-state index in [9.17, 15) is 9.59 Å². The Hall–Kier alpha value is -2.88. The van der Waals surface area contributed by atoms with Gasteiger partial charge < -0.3 is 10.2 Å². The summed E-state index contributed by atoms with van der Waals surface area (Å²) in [6, 6.07) is 15.2. The van der Waals surface area contributed by atoms with Crippen molar-refractivity contribution >= 4 is 23.6 Å². The molecule has 1 aliphatic rings. The van der Waals surface area contributed by atoms with Crippen LogP contribution in [0.1, 0.15) is 36.1 Å². The summed E-state index contributed by atoms with van der Waals surface area (Å²) in [5.41, 5.74) is 3.90. The predicted octanol–water partition coefficient (Wildman–Crippen LogP) is 3.90. The first kappa shape index (κ1) is 16.0. The summed E-state index contributed by atoms with van der Waals surface area (Å²) in [4.78, 5) is 26.1. The Kier molecular flexibility index (Phi) is 4.47. The maximum absolute atomic E-state index is 12.5. The van der Waals surface area contributed by atoms with Crippen LogP contribution in [0.2, 0.25) is 0 Å². The molecule has 1 aliphatic heterocycles. The molecule has 24 heavy (non-hydrogen) atoms. The zero-order chi connectivity index (χ0) is 17.1. The molecule has 0 radical (unpaired) electrons. The number of nitrogens with zero attached hydrogens (tertiary/aromatic N) is 1. The Morgan fingerprint density at radius 1 is 1.12 bits per heavy atom. The number of carbonyl (C=O) groups is 2. The molecule has 1 heterocycles. The van der Waals surface area contributed by atoms with Crippen LogP contribution in [-0.4, -0.2) is 16.7 Å². The smallest absolute Gasteiger partial charge is 0.226 e. The van der Waals surface area contributed by atoms with Gasteiger partial charge in [-0.3, -0.25) is 9.59 Å². The van der Waals surface area contributed by atoms with Crippen molar-refractivity contribution in [2.45, 2.75) is 26.3 Å². The first-order chi connectivity index (χ1) is 11.5. The van der Waals surface area contributed by atoms with Crippen LogP contribution >= 0.6 is 0 Å². The van der Waals surface area contributed by atoms with E-state index >= 15 is 0 Å². The zero-order valence-electron chi connectivity index (χ0n) is 13.8. The summed E-state index contributed by atoms with van der Waals surface area (Å²) < 4.78 is 0. The van der Waals surface area contributed by atoms with E-state index in [-0.39, 0.29) is 24.3 Å². The number of rotatable bonds is 3. The molecule has 1 atom stereocenters. The molecular weight excluding hydrogens is 300 g/mol. The van der Waals surface area contributed by atoms with Crippen LogP contribution in [0.25, 0.3) is 6.08 Å². The van der Waals surface area contributed by atoms with Gasteiger partial charge in [-0.15, -0.1) is 0 Å². The average molecular weight is 320 g/mol. The van der Waals surface area contributed by atoms with E-state index in [2.05, 4.69) is 5.32 Å². The Morgan fingerprint density at radius 2 is 1.92 bits per heavy atom. The van der Waals surface area contributed by atoms with Crippen molar-refractivity contribution in [3.8, 4) is 0 Å². The highest BCUT2D eigenvalue weighted by molar-refractivity contribution is 5.92. The van der Waals surface area contributed by atoms with Crippen molar-refractivity contribution in [1.29, 1.82) is 0 Å². The normalized spacial score (nSPS) is 15.8. The largest absolute Gasteiger partial charge is 0.326 e. The fourth-order valence-electron chi connectivity index (χ4n) is 3.02. The van der Waals surface area contributed by atoms with Gasteiger partial charge in [-0.05, 0) is 41.8 Å². The Balaban J connectivity index is 1.82. The monoisotopic (exact) mass is 320 g/mol. The van der Waals surface area contributed by atoms with Crippen molar-refractivity contribution in [2.24, 2.45) is 0 Å². The molecule has 0 saturated heterocycles. The van der Waals surface area contributed by atoms with Crippen molar-refractivity contribution in [3.05, 3.63) is 71.4 Å². The van der Waals surface area contributed by atoms with Crippen LogP contribution < -0.4 is 5.32 Å². The average Bonchev–Trinajstić information content (AvgIpc) is 2.54. The third kappa shape index (κ3) is 3.38. The van der Waals surface area contributed by atoms with Crippen LogP contribution in [0.3, 0.4) is 0 Å². The number of fused-ring (bicyclic) bond motifs is 1. The molecule has 4 nitrogen and oxygen atoms in total. The summed E-state index contributed by atoms with van der Waals surface area (Å²) in [5.74, 6) is -0.184. The highest BCUT2D eigenvalue weighted by atomic mass is 16.2. The van der Waals surface area contributed by atoms with Crippen LogP contribution in [0, 0.1) is 6.92 Å². The Labute approximate surface area is 141 Å². The van der Waals surface area contributed by atoms with Crippen LogP contribution in [0.15, 0.2) is 54.7 Å². The lowest BCUT2D eigenvalue weighted by atomic mass is 9.93. The van der Waals surface area contributed by atoms with E-state index in [4.69, 9.17) is 0 Å². The molecule has 0 unspecified atom stereocenters. The third-order valence-electron chi connectivity index (χ3n) is 4.15. The van der Waals surface area contributed by atoms with Gasteiger partial charge in [0.15, 0.2) is 0 Å². The van der Waals surface area contributed by atoms with Gasteiger partial charge in [0.05, 0.1) is 12.5 Å². The molecule has 2 aromatic rings. The quantitative estimate of drug-likeness (QED) is 0.932. The molecule has 0 aromatic heterocycles. The lowest BCUT2D eigenvalue weighted by molar-refractivity contribution is -0.129. The number of carbonyl (C=O) groups excluding carboxylic acids is 2. The highest BCUT2D eigenvalue weighted by Gasteiger charge is 2.28. The number of hydrogen-bond acceptors (Lipinski definition) is 2. The van der Waals surface area contributed by atoms with Crippen molar-refractivity contribution in [2.75, 3.05) is 5.32 Å². The fraction of sp³-hybridized carbons (Fsp3) is 0.200. The Bertz CT molecular complexity index is 811. The van der Waals surface area contributed by atoms with E-state index in [1.807, 2.05) is 61.5 Å². The van der Waals surface area contributed by atoms with Gasteiger partial charge in [-0.25, -0.2) is 0 Å². The van der Waals surface area contributed by atoms with Gasteiger partial charge in [0.1, 0.15) is 0 Å². The second-order valence-electron chi connectivity index (χ2n) is 6.01. The van der Waals surface area contributed by atoms with E-state index < -0.39 is 0 Å². The summed E-state index contributed by atoms with van der Waals surface area (Å²) in [5, 5.41) is 2.92. The molecule has 0 saturated carbocycles. The summed E-state index contributed by atoms with van der Waals surface area (Å²) in [6.07, 6.45) is 3.88. The zero-order valence-corrected chi connectivity index (χ0v) is 13.8. The van der Waals surface area contributed by atoms with Gasteiger partial charge >= 0.3 is 0 Å². The van der Waals surface area contributed by atoms with E-state index in [1.54, 1.807) is 11.1 Å². The number of amides is 2. The fourth-order valence-corrected chi connectivity index (χ4v) is 3.02. The molecule has 2 aromatic carbocycles. The van der Waals surface area contributed by atoms with Gasteiger partial charge in [0.2, 0.25) is 11.8 Å². The summed E-state index contributed by atoms with van der Waals surface area (Å²) in [7, 11) is 0. The van der Waals surface area contributed by atoms with Gasteiger partial charge in [0, 0.05) is 18.8 Å². The number of benzene rings is 2. The maximum Gasteiger partial charge on any atom is 0.226 e. The molecule has 3 rings (SSSR count). The van der Waals surface area contributed by atoms with Gasteiger partial charge in [-0.2, -0.15) is 0 Å². The van der Waals surface area contributed by atoms with Crippen LogP contribution in [-0.2, 0) is 9.59 Å². The SMILES string of the molecule is CC(=O)N1C=Cc2ccccc2[C@H]1CC(=O)Nc1cccc(C)c1. The minimum Gasteiger partial charge on any atom is -0.326 e. The van der Waals surface area contributed by atoms with E-state index in [1.165, 1.54) is 6.92 Å². The van der Waals surface area contributed by atoms with Gasteiger partial charge in [-0.1, -0.05) is 36.4 Å². The number of anilines is 1. The molecule has 0 fully saturated rings. The highest BCUT2D eigenvalue weighted by Crippen LogP contribution is 2.33. The topological polar surface area (TPSA) is 49.4 Å². The van der Waals surface area contributed by atoms with Crippen molar-refractivity contribution in [1.82, 2.24) is 4.90 Å². The molecule has 2 amide bonds. The number of hydrogen-bond donors (Lipinski definition) is 1. The molecule has 122 valence electrons. The van der Waals surface area contributed by atoms with Crippen molar-refractivity contribution < 1.29 is 9.59 Å². The lowest BCUT2D eigenvalue weighted by Gasteiger charge is -2.32. The first-order valence-corrected chi connectivity index (χ1v) is 7.97. The molecule has 1 N–H and O–H groups in total. The predicted molar refractivity (Wildman–Crippen MR) is 95.2 cm³/mol. The third-order valence-corrected chi connectivity index (χ3v) is 4.15. The number of aryl methyl sites for hydroxylation is 1. The minimum absolute atomic E-state index is 0.0749. The first-order valence-electron chi connectivity index (χ1n) is 7.97. The second kappa shape index (κ2) is 6.71. The standard InChI is InChI=1S/C20H20N2O2/c1-14-6-5-8-17(12-14)21-20(24)13-19-18-9-4-3-7-16(18)10-11-22(19)15(2)23/h3-12,19H,13H2,1-2H3,(H,21,24)/t19-/m1/s1. The molecule has 0 aliphatic carbocycles. The molecular formula is C20H20N2O2. The lowest BCUT2D eigenvalue weighted by Crippen LogP contribution is -2.33. The summed E-state index contributed by atoms with van der Waals surface area (Å²) in [6.45, 7) is 3.50. The minimum atomic E-state index is -0.284. The van der Waals surface area contributed by atoms with Crippen LogP contribution in [0.5, 0.6) is 0 Å². The van der Waals surface area contributed by atoms with Crippen LogP contribution in [0.4, 0.5) is 5.69 Å². The second-order valence-corrected chi connectivity index (χ2v) is 6.01. The summed E-state index contributed by atoms with van der Waals surface area (Å²) >= 11 is 0. The van der Waals surface area contributed by atoms with E-state index in [0.29, 0.717) is 0 Å². The van der Waals surface area contributed by atoms with E-state index in [0.717, 1.165) is 22.4 Å². The van der Waals surface area contributed by atoms with Gasteiger partial charge in [0.25, 0.3) is 0 Å².